The Morgan fingerprint density at radius 2 is 2.00 bits per heavy atom. The minimum absolute atomic E-state index is 0.0583. The van der Waals surface area contributed by atoms with Crippen molar-refractivity contribution < 1.29 is 31.1 Å². The van der Waals surface area contributed by atoms with E-state index in [1.165, 1.54) is 6.07 Å². The summed E-state index contributed by atoms with van der Waals surface area (Å²) in [4.78, 5) is 16.4. The normalized spacial score (nSPS) is 27.2. The third-order valence-electron chi connectivity index (χ3n) is 4.96. The lowest BCUT2D eigenvalue weighted by Crippen LogP contribution is -2.57. The van der Waals surface area contributed by atoms with Gasteiger partial charge in [-0.1, -0.05) is 0 Å². The van der Waals surface area contributed by atoms with E-state index in [9.17, 15) is 26.4 Å². The van der Waals surface area contributed by atoms with Crippen LogP contribution in [0.2, 0.25) is 0 Å². The largest absolute Gasteiger partial charge is 0.444 e. The number of nitrogens with one attached hydrogen (secondary N) is 1. The van der Waals surface area contributed by atoms with Gasteiger partial charge in [0.25, 0.3) is 5.92 Å². The Bertz CT molecular complexity index is 1020. The average molecular weight is 448 g/mol. The number of nitrogens with zero attached hydrogens (tertiary/aromatic N) is 2. The Hall–Kier alpha value is -2.50. The first kappa shape index (κ1) is 22.2. The lowest BCUT2D eigenvalue weighted by molar-refractivity contribution is 0.00304. The molecule has 2 unspecified atom stereocenters. The Balaban J connectivity index is 2.20. The van der Waals surface area contributed by atoms with Gasteiger partial charge in [-0.05, 0) is 39.0 Å². The number of carbonyl (C=O) groups is 1. The van der Waals surface area contributed by atoms with E-state index in [1.807, 2.05) is 0 Å². The summed E-state index contributed by atoms with van der Waals surface area (Å²) in [6, 6.07) is 3.29. The first-order valence-electron chi connectivity index (χ1n) is 9.08. The van der Waals surface area contributed by atoms with Crippen molar-refractivity contribution in [2.45, 2.75) is 55.9 Å². The van der Waals surface area contributed by atoms with E-state index >= 15 is 0 Å². The number of hydrogen-bond donors (Lipinski definition) is 2. The molecule has 1 aromatic carbocycles. The second kappa shape index (κ2) is 6.76. The van der Waals surface area contributed by atoms with E-state index in [0.717, 1.165) is 19.2 Å². The van der Waals surface area contributed by atoms with Gasteiger partial charge < -0.3 is 10.5 Å². The maximum atomic E-state index is 14.7. The zero-order valence-corrected chi connectivity index (χ0v) is 17.7. The highest BCUT2D eigenvalue weighted by Crippen LogP contribution is 2.55. The van der Waals surface area contributed by atoms with Crippen LogP contribution in [0.25, 0.3) is 0 Å². The summed E-state index contributed by atoms with van der Waals surface area (Å²) in [5.41, 5.74) is 2.32. The summed E-state index contributed by atoms with van der Waals surface area (Å²) in [5, 5.41) is 0.441. The number of halogens is 3. The fourth-order valence-corrected chi connectivity index (χ4v) is 5.68. The maximum absolute atomic E-state index is 14.7. The van der Waals surface area contributed by atoms with Crippen LogP contribution in [0.4, 0.5) is 23.7 Å². The van der Waals surface area contributed by atoms with Crippen molar-refractivity contribution in [3.8, 4) is 0 Å². The van der Waals surface area contributed by atoms with Gasteiger partial charge in [0.05, 0.1) is 0 Å². The molecule has 1 aliphatic heterocycles. The zero-order chi connectivity index (χ0) is 22.7. The summed E-state index contributed by atoms with van der Waals surface area (Å²) in [6.45, 7) is 4.77. The third-order valence-corrected chi connectivity index (χ3v) is 7.17. The lowest BCUT2D eigenvalue weighted by atomic mass is 9.87. The summed E-state index contributed by atoms with van der Waals surface area (Å²) in [7, 11) is -3.37. The van der Waals surface area contributed by atoms with Crippen LogP contribution in [0.5, 0.6) is 0 Å². The number of benzene rings is 1. The van der Waals surface area contributed by atoms with Crippen molar-refractivity contribution in [2.75, 3.05) is 12.8 Å². The molecule has 1 fully saturated rings. The number of anilines is 1. The van der Waals surface area contributed by atoms with E-state index in [4.69, 9.17) is 10.5 Å². The number of alkyl halides is 2. The molecule has 1 aliphatic carbocycles. The molecule has 1 heterocycles. The molecule has 0 spiro atoms. The van der Waals surface area contributed by atoms with Gasteiger partial charge >= 0.3 is 6.09 Å². The highest BCUT2D eigenvalue weighted by molar-refractivity contribution is 7.90. The third kappa shape index (κ3) is 3.80. The van der Waals surface area contributed by atoms with Gasteiger partial charge in [-0.2, -0.15) is 0 Å². The van der Waals surface area contributed by atoms with Gasteiger partial charge in [-0.25, -0.2) is 35.7 Å². The number of rotatable bonds is 1. The molecule has 8 nitrogen and oxygen atoms in total. The van der Waals surface area contributed by atoms with Crippen LogP contribution < -0.4 is 11.1 Å². The van der Waals surface area contributed by atoms with Crippen LogP contribution in [0, 0.1) is 5.82 Å². The molecule has 0 aromatic heterocycles. The SMILES string of the molecule is CN1C(NC(=O)OC(C)(C)C)=NC2(c3cc(N)ccc3F)CC(F)(F)CC2S1(=O)=O. The van der Waals surface area contributed by atoms with E-state index in [2.05, 4.69) is 10.3 Å². The summed E-state index contributed by atoms with van der Waals surface area (Å²) >= 11 is 0. The smallest absolute Gasteiger partial charge is 0.414 e. The van der Waals surface area contributed by atoms with Crippen molar-refractivity contribution in [2.24, 2.45) is 4.99 Å². The Labute approximate surface area is 172 Å². The standard InChI is InChI=1S/C18H23F3N4O4S/c1-16(2,3)29-15(26)23-14-24-18(11-7-10(22)5-6-12(11)19)9-17(20,21)8-13(18)30(27,28)25(14)4/h5-7,13H,8-9,22H2,1-4H3,(H,23,24,26). The fourth-order valence-electron chi connectivity index (χ4n) is 3.76. The molecule has 1 saturated carbocycles. The van der Waals surface area contributed by atoms with Crippen LogP contribution in [0.15, 0.2) is 23.2 Å². The topological polar surface area (TPSA) is 114 Å². The molecule has 0 radical (unpaired) electrons. The molecule has 30 heavy (non-hydrogen) atoms. The number of aliphatic imine (C=N–C) groups is 1. The number of nitrogen functional groups attached to an aromatic ring is 1. The predicted octanol–water partition coefficient (Wildman–Crippen LogP) is 2.56. The molecule has 166 valence electrons. The van der Waals surface area contributed by atoms with Gasteiger partial charge in [-0.3, -0.25) is 5.32 Å². The molecule has 12 heteroatoms. The summed E-state index contributed by atoms with van der Waals surface area (Å²) in [6.07, 6.45) is -3.14. The highest BCUT2D eigenvalue weighted by Gasteiger charge is 2.66. The van der Waals surface area contributed by atoms with Crippen LogP contribution in [-0.2, 0) is 20.3 Å². The van der Waals surface area contributed by atoms with Gasteiger partial charge in [0.15, 0.2) is 0 Å². The first-order valence-corrected chi connectivity index (χ1v) is 10.6. The van der Waals surface area contributed by atoms with Gasteiger partial charge in [0, 0.05) is 31.1 Å². The number of amides is 1. The van der Waals surface area contributed by atoms with E-state index in [1.54, 1.807) is 20.8 Å². The minimum atomic E-state index is -4.44. The van der Waals surface area contributed by atoms with Crippen molar-refractivity contribution in [1.29, 1.82) is 0 Å². The molecule has 0 saturated heterocycles. The Morgan fingerprint density at radius 3 is 2.60 bits per heavy atom. The minimum Gasteiger partial charge on any atom is -0.444 e. The van der Waals surface area contributed by atoms with Crippen molar-refractivity contribution in [3.63, 3.8) is 0 Å². The monoisotopic (exact) mass is 448 g/mol. The molecule has 2 atom stereocenters. The Morgan fingerprint density at radius 1 is 1.37 bits per heavy atom. The predicted molar refractivity (Wildman–Crippen MR) is 104 cm³/mol. The molecule has 0 bridgehead atoms. The van der Waals surface area contributed by atoms with E-state index in [0.29, 0.717) is 4.31 Å². The average Bonchev–Trinajstić information content (AvgIpc) is 2.86. The van der Waals surface area contributed by atoms with Gasteiger partial charge in [0.1, 0.15) is 22.2 Å². The van der Waals surface area contributed by atoms with E-state index < -0.39 is 63.0 Å². The highest BCUT2D eigenvalue weighted by atomic mass is 32.2. The molecule has 1 amide bonds. The maximum Gasteiger partial charge on any atom is 0.414 e. The summed E-state index contributed by atoms with van der Waals surface area (Å²) in [5.74, 6) is -4.90. The number of ether oxygens (including phenoxy) is 1. The van der Waals surface area contributed by atoms with Crippen LogP contribution in [0.3, 0.4) is 0 Å². The fraction of sp³-hybridized carbons (Fsp3) is 0.556. The molecule has 3 rings (SSSR count). The van der Waals surface area contributed by atoms with Crippen molar-refractivity contribution >= 4 is 27.8 Å². The lowest BCUT2D eigenvalue weighted by Gasteiger charge is -2.40. The molecule has 3 N–H and O–H groups in total. The number of alkyl carbamates (subject to hydrolysis) is 1. The molecule has 1 aromatic rings. The number of nitrogens with two attached hydrogens (primary N) is 1. The second-order valence-electron chi connectivity index (χ2n) is 8.46. The van der Waals surface area contributed by atoms with E-state index in [-0.39, 0.29) is 11.3 Å². The number of fused-ring (bicyclic) bond motifs is 1. The van der Waals surface area contributed by atoms with Crippen LogP contribution in [-0.4, -0.2) is 48.6 Å². The number of carbonyl (C=O) groups excluding carboxylic acids is 1. The second-order valence-corrected chi connectivity index (χ2v) is 10.6. The summed E-state index contributed by atoms with van der Waals surface area (Å²) < 4.78 is 75.6. The van der Waals surface area contributed by atoms with Gasteiger partial charge in [-0.15, -0.1) is 0 Å². The zero-order valence-electron chi connectivity index (χ0n) is 16.9. The number of hydrogen-bond acceptors (Lipinski definition) is 6. The number of sulfonamides is 1. The quantitative estimate of drug-likeness (QED) is 0.641. The van der Waals surface area contributed by atoms with Crippen molar-refractivity contribution in [3.05, 3.63) is 29.6 Å². The van der Waals surface area contributed by atoms with Gasteiger partial charge in [0.2, 0.25) is 16.0 Å². The first-order chi connectivity index (χ1) is 13.6. The number of guanidine groups is 1. The molecular weight excluding hydrogens is 425 g/mol. The van der Waals surface area contributed by atoms with Crippen LogP contribution >= 0.6 is 0 Å². The Kier molecular flexibility index (Phi) is 5.00. The molecular formula is C18H23F3N4O4S. The molecule has 2 aliphatic rings. The van der Waals surface area contributed by atoms with Crippen molar-refractivity contribution in [1.82, 2.24) is 9.62 Å². The van der Waals surface area contributed by atoms with Crippen LogP contribution in [0.1, 0.15) is 39.2 Å².